The van der Waals surface area contributed by atoms with Gasteiger partial charge in [0.2, 0.25) is 11.8 Å². The normalized spacial score (nSPS) is 15.3. The Balaban J connectivity index is 1.78. The molecular weight excluding hydrogens is 392 g/mol. The van der Waals surface area contributed by atoms with Gasteiger partial charge in [-0.25, -0.2) is 0 Å². The molecule has 1 atom stereocenters. The molecule has 2 N–H and O–H groups in total. The van der Waals surface area contributed by atoms with Crippen molar-refractivity contribution < 1.29 is 14.3 Å². The summed E-state index contributed by atoms with van der Waals surface area (Å²) in [4.78, 5) is 30.3. The van der Waals surface area contributed by atoms with Crippen LogP contribution in [0.5, 0.6) is 0 Å². The van der Waals surface area contributed by atoms with Gasteiger partial charge in [-0.05, 0) is 18.2 Å². The predicted molar refractivity (Wildman–Crippen MR) is 120 cm³/mol. The maximum absolute atomic E-state index is 13.4. The molecular formula is C24H32N4O3. The molecule has 1 aliphatic heterocycles. The van der Waals surface area contributed by atoms with Crippen molar-refractivity contribution in [3.05, 3.63) is 71.8 Å². The third-order valence-electron chi connectivity index (χ3n) is 5.35. The van der Waals surface area contributed by atoms with E-state index in [1.165, 1.54) is 0 Å². The van der Waals surface area contributed by atoms with Crippen molar-refractivity contribution in [2.45, 2.75) is 12.6 Å². The molecule has 7 heteroatoms. The fourth-order valence-corrected chi connectivity index (χ4v) is 3.72. The molecule has 0 spiro atoms. The van der Waals surface area contributed by atoms with Gasteiger partial charge < -0.3 is 20.3 Å². The molecule has 2 amide bonds. The van der Waals surface area contributed by atoms with Gasteiger partial charge in [-0.1, -0.05) is 60.7 Å². The molecule has 0 saturated carbocycles. The smallest absolute Gasteiger partial charge is 0.247 e. The second-order valence-electron chi connectivity index (χ2n) is 7.60. The maximum Gasteiger partial charge on any atom is 0.247 e. The fraction of sp³-hybridized carbons (Fsp3) is 0.417. The number of ether oxygens (including phenoxy) is 1. The van der Waals surface area contributed by atoms with Gasteiger partial charge in [0.05, 0.1) is 19.8 Å². The molecule has 1 aliphatic rings. The highest BCUT2D eigenvalue weighted by Crippen LogP contribution is 2.23. The molecule has 1 unspecified atom stereocenters. The average Bonchev–Trinajstić information content (AvgIpc) is 2.81. The first-order valence-electron chi connectivity index (χ1n) is 10.8. The maximum atomic E-state index is 13.4. The van der Waals surface area contributed by atoms with Crippen LogP contribution in [-0.4, -0.2) is 74.6 Å². The summed E-state index contributed by atoms with van der Waals surface area (Å²) in [6.07, 6.45) is 0. The first-order chi connectivity index (χ1) is 15.2. The highest BCUT2D eigenvalue weighted by molar-refractivity contribution is 5.89. The number of amides is 2. The number of nitrogens with one attached hydrogen (secondary N) is 2. The standard InChI is InChI=1S/C24H32N4O3/c1-25-18-22(29)28(19-20-8-4-2-5-9-20)23(21-10-6-3-7-11-21)24(30)26-12-13-27-14-16-31-17-15-27/h2-11,23,25H,12-19H2,1H3,(H,26,30). The Morgan fingerprint density at radius 2 is 1.68 bits per heavy atom. The van der Waals surface area contributed by atoms with Gasteiger partial charge >= 0.3 is 0 Å². The molecule has 2 aromatic rings. The Morgan fingerprint density at radius 3 is 2.32 bits per heavy atom. The van der Waals surface area contributed by atoms with Gasteiger partial charge in [0, 0.05) is 32.7 Å². The van der Waals surface area contributed by atoms with Crippen LogP contribution in [0, 0.1) is 0 Å². The van der Waals surface area contributed by atoms with Crippen LogP contribution in [0.1, 0.15) is 17.2 Å². The minimum Gasteiger partial charge on any atom is -0.379 e. The molecule has 1 heterocycles. The van der Waals surface area contributed by atoms with Crippen LogP contribution in [0.4, 0.5) is 0 Å². The summed E-state index contributed by atoms with van der Waals surface area (Å²) in [7, 11) is 1.73. The first kappa shape index (κ1) is 22.9. The van der Waals surface area contributed by atoms with Crippen molar-refractivity contribution in [3.8, 4) is 0 Å². The summed E-state index contributed by atoms with van der Waals surface area (Å²) >= 11 is 0. The van der Waals surface area contributed by atoms with E-state index in [2.05, 4.69) is 15.5 Å². The van der Waals surface area contributed by atoms with Crippen LogP contribution in [-0.2, 0) is 20.9 Å². The van der Waals surface area contributed by atoms with Gasteiger partial charge in [-0.2, -0.15) is 0 Å². The lowest BCUT2D eigenvalue weighted by atomic mass is 10.0. The number of likely N-dealkylation sites (N-methyl/N-ethyl adjacent to an activating group) is 1. The van der Waals surface area contributed by atoms with E-state index in [-0.39, 0.29) is 18.4 Å². The van der Waals surface area contributed by atoms with Crippen LogP contribution in [0.25, 0.3) is 0 Å². The molecule has 0 aromatic heterocycles. The Morgan fingerprint density at radius 1 is 1.03 bits per heavy atom. The minimum atomic E-state index is -0.702. The summed E-state index contributed by atoms with van der Waals surface area (Å²) in [6, 6.07) is 18.6. The van der Waals surface area contributed by atoms with E-state index >= 15 is 0 Å². The van der Waals surface area contributed by atoms with Crippen molar-refractivity contribution in [1.82, 2.24) is 20.4 Å². The molecule has 0 bridgehead atoms. The van der Waals surface area contributed by atoms with Crippen LogP contribution in [0.15, 0.2) is 60.7 Å². The zero-order chi connectivity index (χ0) is 21.9. The van der Waals surface area contributed by atoms with Crippen LogP contribution in [0.2, 0.25) is 0 Å². The Kier molecular flexibility index (Phi) is 9.02. The van der Waals surface area contributed by atoms with Crippen LogP contribution in [0.3, 0.4) is 0 Å². The number of rotatable bonds is 10. The van der Waals surface area contributed by atoms with Gasteiger partial charge in [-0.3, -0.25) is 14.5 Å². The third-order valence-corrected chi connectivity index (χ3v) is 5.35. The SMILES string of the molecule is CNCC(=O)N(Cc1ccccc1)C(C(=O)NCCN1CCOCC1)c1ccccc1. The van der Waals surface area contributed by atoms with Gasteiger partial charge in [-0.15, -0.1) is 0 Å². The topological polar surface area (TPSA) is 73.9 Å². The number of hydrogen-bond donors (Lipinski definition) is 2. The molecule has 0 radical (unpaired) electrons. The molecule has 1 fully saturated rings. The van der Waals surface area contributed by atoms with Gasteiger partial charge in [0.25, 0.3) is 0 Å². The average molecular weight is 425 g/mol. The lowest BCUT2D eigenvalue weighted by molar-refractivity contribution is -0.140. The van der Waals surface area contributed by atoms with Crippen LogP contribution < -0.4 is 10.6 Å². The molecule has 1 saturated heterocycles. The zero-order valence-corrected chi connectivity index (χ0v) is 18.1. The summed E-state index contributed by atoms with van der Waals surface area (Å²) in [5.41, 5.74) is 1.78. The summed E-state index contributed by atoms with van der Waals surface area (Å²) < 4.78 is 5.38. The zero-order valence-electron chi connectivity index (χ0n) is 18.1. The third kappa shape index (κ3) is 6.89. The van der Waals surface area contributed by atoms with Crippen molar-refractivity contribution in [3.63, 3.8) is 0 Å². The van der Waals surface area contributed by atoms with E-state index in [1.54, 1.807) is 11.9 Å². The van der Waals surface area contributed by atoms with E-state index in [1.807, 2.05) is 60.7 Å². The fourth-order valence-electron chi connectivity index (χ4n) is 3.72. The number of carbonyl (C=O) groups is 2. The largest absolute Gasteiger partial charge is 0.379 e. The van der Waals surface area contributed by atoms with Crippen molar-refractivity contribution >= 4 is 11.8 Å². The quantitative estimate of drug-likeness (QED) is 0.604. The minimum absolute atomic E-state index is 0.122. The molecule has 166 valence electrons. The first-order valence-corrected chi connectivity index (χ1v) is 10.8. The summed E-state index contributed by atoms with van der Waals surface area (Å²) in [5, 5.41) is 5.98. The second kappa shape index (κ2) is 12.2. The number of carbonyl (C=O) groups excluding carboxylic acids is 2. The monoisotopic (exact) mass is 424 g/mol. The highest BCUT2D eigenvalue weighted by atomic mass is 16.5. The van der Waals surface area contributed by atoms with E-state index in [0.717, 1.165) is 44.0 Å². The van der Waals surface area contributed by atoms with E-state index < -0.39 is 6.04 Å². The lowest BCUT2D eigenvalue weighted by Gasteiger charge is -2.32. The van der Waals surface area contributed by atoms with Gasteiger partial charge in [0.1, 0.15) is 6.04 Å². The van der Waals surface area contributed by atoms with E-state index in [0.29, 0.717) is 13.1 Å². The summed E-state index contributed by atoms with van der Waals surface area (Å²) in [5.74, 6) is -0.289. The van der Waals surface area contributed by atoms with Gasteiger partial charge in [0.15, 0.2) is 0 Å². The predicted octanol–water partition coefficient (Wildman–Crippen LogP) is 1.42. The number of hydrogen-bond acceptors (Lipinski definition) is 5. The Hall–Kier alpha value is -2.74. The number of morpholine rings is 1. The van der Waals surface area contributed by atoms with E-state index in [9.17, 15) is 9.59 Å². The Labute approximate surface area is 184 Å². The molecule has 0 aliphatic carbocycles. The van der Waals surface area contributed by atoms with E-state index in [4.69, 9.17) is 4.74 Å². The molecule has 7 nitrogen and oxygen atoms in total. The molecule has 2 aromatic carbocycles. The van der Waals surface area contributed by atoms with Crippen LogP contribution >= 0.6 is 0 Å². The number of benzene rings is 2. The van der Waals surface area contributed by atoms with Crippen molar-refractivity contribution in [2.24, 2.45) is 0 Å². The Bertz CT molecular complexity index is 810. The lowest BCUT2D eigenvalue weighted by Crippen LogP contribution is -2.47. The van der Waals surface area contributed by atoms with Crippen molar-refractivity contribution in [1.29, 1.82) is 0 Å². The number of nitrogens with zero attached hydrogens (tertiary/aromatic N) is 2. The highest BCUT2D eigenvalue weighted by Gasteiger charge is 2.31. The van der Waals surface area contributed by atoms with Crippen molar-refractivity contribution in [2.75, 3.05) is 53.0 Å². The molecule has 3 rings (SSSR count). The second-order valence-corrected chi connectivity index (χ2v) is 7.60. The molecule has 31 heavy (non-hydrogen) atoms. The summed E-state index contributed by atoms with van der Waals surface area (Å²) in [6.45, 7) is 5.02.